The highest BCUT2D eigenvalue weighted by atomic mass is 19.1. The summed E-state index contributed by atoms with van der Waals surface area (Å²) in [4.78, 5) is 11.6. The molecule has 0 saturated carbocycles. The van der Waals surface area contributed by atoms with E-state index in [9.17, 15) is 9.18 Å². The highest BCUT2D eigenvalue weighted by Crippen LogP contribution is 2.18. The summed E-state index contributed by atoms with van der Waals surface area (Å²) in [5.74, 6) is -0.605. The largest absolute Gasteiger partial charge is 0.494 e. The van der Waals surface area contributed by atoms with Crippen molar-refractivity contribution < 1.29 is 18.7 Å². The molecule has 0 aliphatic heterocycles. The summed E-state index contributed by atoms with van der Waals surface area (Å²) in [7, 11) is 1.36. The molecule has 0 atom stereocenters. The van der Waals surface area contributed by atoms with Gasteiger partial charge in [-0.15, -0.1) is 0 Å². The fourth-order valence-electron chi connectivity index (χ4n) is 1.16. The molecule has 1 aromatic rings. The van der Waals surface area contributed by atoms with Gasteiger partial charge in [0.2, 0.25) is 0 Å². The van der Waals surface area contributed by atoms with E-state index in [-0.39, 0.29) is 24.2 Å². The molecule has 88 valence electrons. The number of ether oxygens (including phenoxy) is 2. The second-order valence-corrected chi connectivity index (χ2v) is 3.63. The molecule has 1 rings (SSSR count). The predicted octanol–water partition coefficient (Wildman–Crippen LogP) is 2.44. The Balaban J connectivity index is 2.76. The number of carbonyl (C=O) groups is 1. The van der Waals surface area contributed by atoms with Crippen molar-refractivity contribution in [2.24, 2.45) is 0 Å². The molecular formula is C12H15FO3. The molecule has 0 spiro atoms. The van der Waals surface area contributed by atoms with E-state index >= 15 is 0 Å². The molecular weight excluding hydrogens is 211 g/mol. The molecule has 0 saturated heterocycles. The van der Waals surface area contributed by atoms with E-state index in [4.69, 9.17) is 9.47 Å². The Morgan fingerprint density at radius 2 is 2.12 bits per heavy atom. The summed E-state index contributed by atoms with van der Waals surface area (Å²) in [6.45, 7) is 3.68. The first-order valence-electron chi connectivity index (χ1n) is 5.03. The number of ketones is 1. The summed E-state index contributed by atoms with van der Waals surface area (Å²) in [6, 6.07) is 4.01. The first-order chi connectivity index (χ1) is 7.54. The molecule has 0 radical (unpaired) electrons. The van der Waals surface area contributed by atoms with Crippen molar-refractivity contribution in [1.29, 1.82) is 0 Å². The third-order valence-corrected chi connectivity index (χ3v) is 2.02. The van der Waals surface area contributed by atoms with Crippen LogP contribution < -0.4 is 4.74 Å². The van der Waals surface area contributed by atoms with Gasteiger partial charge in [0, 0.05) is 5.56 Å². The number of rotatable bonds is 5. The molecule has 0 bridgehead atoms. The summed E-state index contributed by atoms with van der Waals surface area (Å²) in [6.07, 6.45) is -0.00806. The lowest BCUT2D eigenvalue weighted by molar-refractivity contribution is 0.0584. The zero-order valence-corrected chi connectivity index (χ0v) is 9.62. The molecule has 0 amide bonds. The summed E-state index contributed by atoms with van der Waals surface area (Å²) < 4.78 is 23.1. The summed E-state index contributed by atoms with van der Waals surface area (Å²) >= 11 is 0. The lowest BCUT2D eigenvalue weighted by Gasteiger charge is -2.08. The molecule has 0 fully saturated rings. The molecule has 0 aromatic heterocycles. The minimum atomic E-state index is -0.483. The van der Waals surface area contributed by atoms with E-state index in [1.165, 1.54) is 25.3 Å². The third-order valence-electron chi connectivity index (χ3n) is 2.02. The molecule has 16 heavy (non-hydrogen) atoms. The number of carbonyl (C=O) groups excluding carboxylic acids is 1. The van der Waals surface area contributed by atoms with Crippen LogP contribution in [0.2, 0.25) is 0 Å². The van der Waals surface area contributed by atoms with Crippen molar-refractivity contribution >= 4 is 5.78 Å². The van der Waals surface area contributed by atoms with Crippen molar-refractivity contribution in [2.75, 3.05) is 13.7 Å². The van der Waals surface area contributed by atoms with Crippen LogP contribution in [0.25, 0.3) is 0 Å². The minimum absolute atomic E-state index is 0.00749. The van der Waals surface area contributed by atoms with Crippen LogP contribution in [0.4, 0.5) is 4.39 Å². The van der Waals surface area contributed by atoms with Gasteiger partial charge >= 0.3 is 0 Å². The molecule has 1 aromatic carbocycles. The first-order valence-corrected chi connectivity index (χ1v) is 5.03. The van der Waals surface area contributed by atoms with Crippen LogP contribution in [0.15, 0.2) is 18.2 Å². The Morgan fingerprint density at radius 3 is 2.69 bits per heavy atom. The number of hydrogen-bond donors (Lipinski definition) is 0. The Bertz CT molecular complexity index is 375. The number of benzene rings is 1. The molecule has 0 aliphatic rings. The SMILES string of the molecule is COc1cc(C(=O)COC(C)C)ccc1F. The zero-order chi connectivity index (χ0) is 12.1. The molecule has 0 N–H and O–H groups in total. The van der Waals surface area contributed by atoms with Gasteiger partial charge in [-0.1, -0.05) is 0 Å². The number of Topliss-reactive ketones (excluding diaryl/α,β-unsaturated/α-hetero) is 1. The van der Waals surface area contributed by atoms with Crippen molar-refractivity contribution in [3.8, 4) is 5.75 Å². The van der Waals surface area contributed by atoms with E-state index < -0.39 is 5.82 Å². The van der Waals surface area contributed by atoms with Crippen LogP contribution in [0, 0.1) is 5.82 Å². The van der Waals surface area contributed by atoms with Crippen LogP contribution in [0.1, 0.15) is 24.2 Å². The van der Waals surface area contributed by atoms with Crippen molar-refractivity contribution in [1.82, 2.24) is 0 Å². The summed E-state index contributed by atoms with van der Waals surface area (Å²) in [5.41, 5.74) is 0.388. The smallest absolute Gasteiger partial charge is 0.188 e. The van der Waals surface area contributed by atoms with E-state index in [2.05, 4.69) is 0 Å². The topological polar surface area (TPSA) is 35.5 Å². The average Bonchev–Trinajstić information content (AvgIpc) is 2.26. The van der Waals surface area contributed by atoms with Gasteiger partial charge in [0.25, 0.3) is 0 Å². The lowest BCUT2D eigenvalue weighted by Crippen LogP contribution is -2.13. The number of hydrogen-bond acceptors (Lipinski definition) is 3. The second-order valence-electron chi connectivity index (χ2n) is 3.63. The lowest BCUT2D eigenvalue weighted by atomic mass is 10.1. The Hall–Kier alpha value is -1.42. The van der Waals surface area contributed by atoms with Gasteiger partial charge in [-0.2, -0.15) is 0 Å². The third kappa shape index (κ3) is 3.31. The van der Waals surface area contributed by atoms with Crippen LogP contribution in [0.3, 0.4) is 0 Å². The maximum absolute atomic E-state index is 13.1. The fraction of sp³-hybridized carbons (Fsp3) is 0.417. The Morgan fingerprint density at radius 1 is 1.44 bits per heavy atom. The van der Waals surface area contributed by atoms with E-state index in [1.807, 2.05) is 13.8 Å². The minimum Gasteiger partial charge on any atom is -0.494 e. The van der Waals surface area contributed by atoms with Gasteiger partial charge in [0.1, 0.15) is 6.61 Å². The Labute approximate surface area is 94.2 Å². The normalized spacial score (nSPS) is 10.6. The standard InChI is InChI=1S/C12H15FO3/c1-8(2)16-7-11(14)9-4-5-10(13)12(6-9)15-3/h4-6,8H,7H2,1-3H3. The molecule has 3 nitrogen and oxygen atoms in total. The van der Waals surface area contributed by atoms with Gasteiger partial charge in [-0.3, -0.25) is 4.79 Å². The van der Waals surface area contributed by atoms with Gasteiger partial charge in [0.05, 0.1) is 13.2 Å². The van der Waals surface area contributed by atoms with Gasteiger partial charge in [-0.25, -0.2) is 4.39 Å². The van der Waals surface area contributed by atoms with Gasteiger partial charge in [-0.05, 0) is 32.0 Å². The Kier molecular flexibility index (Phi) is 4.43. The second kappa shape index (κ2) is 5.61. The van der Waals surface area contributed by atoms with Gasteiger partial charge < -0.3 is 9.47 Å². The molecule has 0 unspecified atom stereocenters. The van der Waals surface area contributed by atoms with E-state index in [1.54, 1.807) is 0 Å². The molecule has 0 heterocycles. The van der Waals surface area contributed by atoms with Crippen LogP contribution in [0.5, 0.6) is 5.75 Å². The zero-order valence-electron chi connectivity index (χ0n) is 9.62. The van der Waals surface area contributed by atoms with Crippen molar-refractivity contribution in [3.63, 3.8) is 0 Å². The highest BCUT2D eigenvalue weighted by Gasteiger charge is 2.10. The van der Waals surface area contributed by atoms with Crippen molar-refractivity contribution in [2.45, 2.75) is 20.0 Å². The average molecular weight is 226 g/mol. The highest BCUT2D eigenvalue weighted by molar-refractivity contribution is 5.97. The number of halogens is 1. The molecule has 4 heteroatoms. The van der Waals surface area contributed by atoms with Crippen LogP contribution in [-0.2, 0) is 4.74 Å². The number of methoxy groups -OCH3 is 1. The molecule has 0 aliphatic carbocycles. The fourth-order valence-corrected chi connectivity index (χ4v) is 1.16. The quantitative estimate of drug-likeness (QED) is 0.723. The van der Waals surface area contributed by atoms with Crippen molar-refractivity contribution in [3.05, 3.63) is 29.6 Å². The predicted molar refractivity (Wildman–Crippen MR) is 58.4 cm³/mol. The summed E-state index contributed by atoms with van der Waals surface area (Å²) in [5, 5.41) is 0. The van der Waals surface area contributed by atoms with Gasteiger partial charge in [0.15, 0.2) is 17.3 Å². The van der Waals surface area contributed by atoms with E-state index in [0.717, 1.165) is 0 Å². The van der Waals surface area contributed by atoms with E-state index in [0.29, 0.717) is 5.56 Å². The monoisotopic (exact) mass is 226 g/mol. The first kappa shape index (κ1) is 12.6. The van der Waals surface area contributed by atoms with Crippen LogP contribution >= 0.6 is 0 Å². The maximum Gasteiger partial charge on any atom is 0.188 e. The maximum atomic E-state index is 13.1. The van der Waals surface area contributed by atoms with Crippen LogP contribution in [-0.4, -0.2) is 25.6 Å².